The predicted octanol–water partition coefficient (Wildman–Crippen LogP) is 5.06. The van der Waals surface area contributed by atoms with Crippen molar-refractivity contribution in [3.05, 3.63) is 97.2 Å². The number of benzene rings is 1. The number of fused-ring (bicyclic) bond motifs is 1. The molecule has 0 atom stereocenters. The van der Waals surface area contributed by atoms with Crippen LogP contribution in [0.3, 0.4) is 0 Å². The second kappa shape index (κ2) is 8.13. The molecule has 0 bridgehead atoms. The lowest BCUT2D eigenvalue weighted by Gasteiger charge is -2.30. The minimum atomic E-state index is 0.635. The van der Waals surface area contributed by atoms with Crippen molar-refractivity contribution in [1.82, 2.24) is 15.0 Å². The highest BCUT2D eigenvalue weighted by Gasteiger charge is 2.21. The summed E-state index contributed by atoms with van der Waals surface area (Å²) < 4.78 is 0. The molecule has 0 saturated carbocycles. The van der Waals surface area contributed by atoms with Crippen LogP contribution in [0.15, 0.2) is 96.6 Å². The Morgan fingerprint density at radius 3 is 2.27 bits per heavy atom. The van der Waals surface area contributed by atoms with Crippen molar-refractivity contribution in [2.75, 3.05) is 16.3 Å². The molecule has 5 rings (SSSR count). The predicted molar refractivity (Wildman–Crippen MR) is 120 cm³/mol. The average Bonchev–Trinajstić information content (AvgIpc) is 2.83. The van der Waals surface area contributed by atoms with Crippen LogP contribution in [0.5, 0.6) is 0 Å². The molecule has 146 valence electrons. The summed E-state index contributed by atoms with van der Waals surface area (Å²) in [6.45, 7) is 1.32. The van der Waals surface area contributed by atoms with Gasteiger partial charge in [-0.25, -0.2) is 4.98 Å². The van der Waals surface area contributed by atoms with Crippen molar-refractivity contribution in [3.63, 3.8) is 0 Å². The SMILES string of the molecule is C1=Nc2ccccc2N(c2ncccc2CN(c2cccnc2)c2cccnc2)C1. The minimum Gasteiger partial charge on any atom is -0.334 e. The number of hydrogen-bond donors (Lipinski definition) is 0. The van der Waals surface area contributed by atoms with E-state index in [9.17, 15) is 0 Å². The van der Waals surface area contributed by atoms with Gasteiger partial charge in [-0.15, -0.1) is 0 Å². The molecule has 1 aliphatic heterocycles. The van der Waals surface area contributed by atoms with E-state index in [1.165, 1.54) is 0 Å². The summed E-state index contributed by atoms with van der Waals surface area (Å²) in [5.74, 6) is 0.925. The Kier molecular flexibility index (Phi) is 4.88. The van der Waals surface area contributed by atoms with E-state index in [4.69, 9.17) is 4.98 Å². The first-order chi connectivity index (χ1) is 14.9. The average molecular weight is 392 g/mol. The topological polar surface area (TPSA) is 57.5 Å². The van der Waals surface area contributed by atoms with E-state index in [0.29, 0.717) is 13.1 Å². The third kappa shape index (κ3) is 3.51. The second-order valence-electron chi connectivity index (χ2n) is 6.91. The van der Waals surface area contributed by atoms with E-state index < -0.39 is 0 Å². The Bertz CT molecular complexity index is 1120. The summed E-state index contributed by atoms with van der Waals surface area (Å²) in [4.78, 5) is 22.3. The van der Waals surface area contributed by atoms with Crippen LogP contribution in [-0.2, 0) is 6.54 Å². The van der Waals surface area contributed by atoms with Crippen LogP contribution in [0.25, 0.3) is 0 Å². The Morgan fingerprint density at radius 1 is 0.800 bits per heavy atom. The van der Waals surface area contributed by atoms with Gasteiger partial charge in [-0.3, -0.25) is 15.0 Å². The van der Waals surface area contributed by atoms with E-state index in [1.807, 2.05) is 61.2 Å². The maximum atomic E-state index is 4.75. The van der Waals surface area contributed by atoms with Gasteiger partial charge in [0.05, 0.1) is 48.2 Å². The molecule has 0 N–H and O–H groups in total. The largest absolute Gasteiger partial charge is 0.334 e. The van der Waals surface area contributed by atoms with Crippen LogP contribution in [0, 0.1) is 0 Å². The van der Waals surface area contributed by atoms with E-state index in [2.05, 4.69) is 49.0 Å². The molecule has 6 heteroatoms. The zero-order chi connectivity index (χ0) is 20.2. The Hall–Kier alpha value is -4.06. The zero-order valence-electron chi connectivity index (χ0n) is 16.3. The van der Waals surface area contributed by atoms with Crippen molar-refractivity contribution >= 4 is 34.8 Å². The van der Waals surface area contributed by atoms with E-state index in [0.717, 1.165) is 34.1 Å². The third-order valence-electron chi connectivity index (χ3n) is 5.03. The van der Waals surface area contributed by atoms with Crippen LogP contribution >= 0.6 is 0 Å². The fourth-order valence-electron chi connectivity index (χ4n) is 3.65. The monoisotopic (exact) mass is 392 g/mol. The second-order valence-corrected chi connectivity index (χ2v) is 6.91. The molecule has 1 aliphatic rings. The van der Waals surface area contributed by atoms with Gasteiger partial charge in [0.2, 0.25) is 0 Å². The summed E-state index contributed by atoms with van der Waals surface area (Å²) in [5.41, 5.74) is 5.13. The van der Waals surface area contributed by atoms with Crippen LogP contribution in [0.1, 0.15) is 5.56 Å². The van der Waals surface area contributed by atoms with Gasteiger partial charge in [0, 0.05) is 30.4 Å². The number of rotatable bonds is 5. The number of para-hydroxylation sites is 2. The first-order valence-corrected chi connectivity index (χ1v) is 9.81. The minimum absolute atomic E-state index is 0.635. The summed E-state index contributed by atoms with van der Waals surface area (Å²) in [5, 5.41) is 0. The lowest BCUT2D eigenvalue weighted by molar-refractivity contribution is 0.934. The number of aliphatic imine (C=N–C) groups is 1. The van der Waals surface area contributed by atoms with Crippen LogP contribution in [-0.4, -0.2) is 27.7 Å². The maximum Gasteiger partial charge on any atom is 0.138 e. The van der Waals surface area contributed by atoms with Crippen LogP contribution in [0.2, 0.25) is 0 Å². The van der Waals surface area contributed by atoms with E-state index >= 15 is 0 Å². The Labute approximate surface area is 175 Å². The molecule has 0 amide bonds. The number of anilines is 4. The molecular weight excluding hydrogens is 372 g/mol. The normalized spacial score (nSPS) is 12.5. The number of hydrogen-bond acceptors (Lipinski definition) is 6. The first-order valence-electron chi connectivity index (χ1n) is 9.81. The smallest absolute Gasteiger partial charge is 0.138 e. The molecule has 1 aromatic carbocycles. The standard InChI is InChI=1S/C24H20N6/c1-2-10-23-22(9-1)27-14-15-29(23)24-19(6-3-13-28-24)18-30(20-7-4-11-25-16-20)21-8-5-12-26-17-21/h1-14,16-17H,15,18H2. The Balaban J connectivity index is 1.56. The molecule has 0 fully saturated rings. The molecule has 0 aliphatic carbocycles. The van der Waals surface area contributed by atoms with Gasteiger partial charge in [0.15, 0.2) is 0 Å². The number of aromatic nitrogens is 3. The molecule has 4 aromatic rings. The molecule has 0 unspecified atom stereocenters. The van der Waals surface area contributed by atoms with Gasteiger partial charge in [-0.1, -0.05) is 18.2 Å². The van der Waals surface area contributed by atoms with Gasteiger partial charge in [0.1, 0.15) is 5.82 Å². The molecule has 0 radical (unpaired) electrons. The number of pyridine rings is 3. The molecule has 3 aromatic heterocycles. The summed E-state index contributed by atoms with van der Waals surface area (Å²) >= 11 is 0. The summed E-state index contributed by atoms with van der Waals surface area (Å²) in [6, 6.07) is 20.3. The lowest BCUT2D eigenvalue weighted by Crippen LogP contribution is -2.26. The van der Waals surface area contributed by atoms with Crippen molar-refractivity contribution in [2.24, 2.45) is 4.99 Å². The van der Waals surface area contributed by atoms with Gasteiger partial charge in [-0.2, -0.15) is 0 Å². The molecule has 6 nitrogen and oxygen atoms in total. The highest BCUT2D eigenvalue weighted by molar-refractivity contribution is 5.86. The molecule has 0 spiro atoms. The number of nitrogens with zero attached hydrogens (tertiary/aromatic N) is 6. The summed E-state index contributed by atoms with van der Waals surface area (Å²) in [6.07, 6.45) is 11.1. The maximum absolute atomic E-state index is 4.75. The van der Waals surface area contributed by atoms with Gasteiger partial charge in [-0.05, 0) is 42.5 Å². The van der Waals surface area contributed by atoms with Crippen molar-refractivity contribution in [1.29, 1.82) is 0 Å². The zero-order valence-corrected chi connectivity index (χ0v) is 16.3. The van der Waals surface area contributed by atoms with Gasteiger partial charge < -0.3 is 9.80 Å². The summed E-state index contributed by atoms with van der Waals surface area (Å²) in [7, 11) is 0. The van der Waals surface area contributed by atoms with Crippen molar-refractivity contribution in [2.45, 2.75) is 6.54 Å². The van der Waals surface area contributed by atoms with E-state index in [1.54, 1.807) is 12.4 Å². The molecule has 30 heavy (non-hydrogen) atoms. The van der Waals surface area contributed by atoms with Crippen molar-refractivity contribution < 1.29 is 0 Å². The third-order valence-corrected chi connectivity index (χ3v) is 5.03. The van der Waals surface area contributed by atoms with Crippen LogP contribution in [0.4, 0.5) is 28.6 Å². The highest BCUT2D eigenvalue weighted by Crippen LogP contribution is 2.37. The molecule has 4 heterocycles. The fourth-order valence-corrected chi connectivity index (χ4v) is 3.65. The van der Waals surface area contributed by atoms with E-state index in [-0.39, 0.29) is 0 Å². The fraction of sp³-hybridized carbons (Fsp3) is 0.0833. The van der Waals surface area contributed by atoms with Crippen molar-refractivity contribution in [3.8, 4) is 0 Å². The molecular formula is C24H20N6. The van der Waals surface area contributed by atoms with Crippen LogP contribution < -0.4 is 9.80 Å². The first kappa shape index (κ1) is 18.0. The molecule has 0 saturated heterocycles. The van der Waals surface area contributed by atoms with Gasteiger partial charge >= 0.3 is 0 Å². The highest BCUT2D eigenvalue weighted by atomic mass is 15.2. The quantitative estimate of drug-likeness (QED) is 0.475. The Morgan fingerprint density at radius 2 is 1.53 bits per heavy atom. The van der Waals surface area contributed by atoms with Gasteiger partial charge in [0.25, 0.3) is 0 Å². The lowest BCUT2D eigenvalue weighted by atomic mass is 10.1.